The molecule has 0 saturated heterocycles. The Bertz CT molecular complexity index is 795. The highest BCUT2D eigenvalue weighted by Crippen LogP contribution is 2.29. The van der Waals surface area contributed by atoms with Gasteiger partial charge in [-0.05, 0) is 36.8 Å². The summed E-state index contributed by atoms with van der Waals surface area (Å²) in [5.74, 6) is 0.110. The minimum atomic E-state index is -0.340. The van der Waals surface area contributed by atoms with Crippen molar-refractivity contribution in [2.24, 2.45) is 0 Å². The topological polar surface area (TPSA) is 58.6 Å². The molecule has 3 rings (SSSR count). The third-order valence-corrected chi connectivity index (χ3v) is 3.78. The lowest BCUT2D eigenvalue weighted by atomic mass is 10.0. The number of amides is 2. The van der Waals surface area contributed by atoms with E-state index >= 15 is 0 Å². The van der Waals surface area contributed by atoms with Gasteiger partial charge in [0.1, 0.15) is 11.4 Å². The van der Waals surface area contributed by atoms with E-state index in [2.05, 4.69) is 5.32 Å². The summed E-state index contributed by atoms with van der Waals surface area (Å²) < 4.78 is 5.41. The van der Waals surface area contributed by atoms with Gasteiger partial charge >= 0.3 is 0 Å². The lowest BCUT2D eigenvalue weighted by Gasteiger charge is -2.10. The van der Waals surface area contributed by atoms with Gasteiger partial charge in [0.2, 0.25) is 0 Å². The van der Waals surface area contributed by atoms with Crippen molar-refractivity contribution in [2.45, 2.75) is 6.92 Å². The Morgan fingerprint density at radius 3 is 2.25 bits per heavy atom. The van der Waals surface area contributed by atoms with Crippen molar-refractivity contribution in [1.29, 1.82) is 0 Å². The van der Waals surface area contributed by atoms with Gasteiger partial charge in [-0.2, -0.15) is 0 Å². The SMILES string of the molecule is CCOc1ccc(NC2=C(c3ccccc3)C(=O)N(C)C2=O)cc1. The first-order valence-electron chi connectivity index (χ1n) is 7.73. The average Bonchev–Trinajstić information content (AvgIpc) is 2.82. The zero-order valence-electron chi connectivity index (χ0n) is 13.6. The number of nitrogens with zero attached hydrogens (tertiary/aromatic N) is 1. The molecule has 1 aliphatic rings. The summed E-state index contributed by atoms with van der Waals surface area (Å²) in [5, 5.41) is 3.08. The number of rotatable bonds is 5. The van der Waals surface area contributed by atoms with Gasteiger partial charge in [0.25, 0.3) is 11.8 Å². The largest absolute Gasteiger partial charge is 0.494 e. The molecule has 0 atom stereocenters. The first-order chi connectivity index (χ1) is 11.6. The number of anilines is 1. The number of imide groups is 1. The highest BCUT2D eigenvalue weighted by atomic mass is 16.5. The molecule has 1 N–H and O–H groups in total. The highest BCUT2D eigenvalue weighted by molar-refractivity contribution is 6.36. The Hall–Kier alpha value is -3.08. The van der Waals surface area contributed by atoms with Crippen LogP contribution in [0.15, 0.2) is 60.3 Å². The monoisotopic (exact) mass is 322 g/mol. The van der Waals surface area contributed by atoms with E-state index < -0.39 is 0 Å². The predicted octanol–water partition coefficient (Wildman–Crippen LogP) is 2.91. The minimum absolute atomic E-state index is 0.290. The maximum absolute atomic E-state index is 12.4. The van der Waals surface area contributed by atoms with Gasteiger partial charge in [0.15, 0.2) is 0 Å². The van der Waals surface area contributed by atoms with Gasteiger partial charge in [0, 0.05) is 12.7 Å². The molecule has 24 heavy (non-hydrogen) atoms. The molecule has 0 radical (unpaired) electrons. The second-order valence-electron chi connectivity index (χ2n) is 5.37. The molecule has 122 valence electrons. The molecule has 5 nitrogen and oxygen atoms in total. The Balaban J connectivity index is 1.97. The van der Waals surface area contributed by atoms with Crippen LogP contribution in [0.2, 0.25) is 0 Å². The van der Waals surface area contributed by atoms with Gasteiger partial charge in [-0.15, -0.1) is 0 Å². The van der Waals surface area contributed by atoms with Crippen LogP contribution < -0.4 is 10.1 Å². The van der Waals surface area contributed by atoms with E-state index in [0.717, 1.165) is 16.3 Å². The molecule has 0 spiro atoms. The summed E-state index contributed by atoms with van der Waals surface area (Å²) in [6, 6.07) is 16.5. The average molecular weight is 322 g/mol. The van der Waals surface area contributed by atoms with E-state index in [-0.39, 0.29) is 17.5 Å². The number of carbonyl (C=O) groups is 2. The van der Waals surface area contributed by atoms with E-state index in [0.29, 0.717) is 17.7 Å². The fraction of sp³-hybridized carbons (Fsp3) is 0.158. The van der Waals surface area contributed by atoms with Crippen LogP contribution in [0.1, 0.15) is 12.5 Å². The molecule has 0 saturated carbocycles. The third-order valence-electron chi connectivity index (χ3n) is 3.78. The number of hydrogen-bond acceptors (Lipinski definition) is 4. The summed E-state index contributed by atoms with van der Waals surface area (Å²) in [6.45, 7) is 2.51. The minimum Gasteiger partial charge on any atom is -0.494 e. The van der Waals surface area contributed by atoms with Crippen molar-refractivity contribution in [3.8, 4) is 5.75 Å². The summed E-state index contributed by atoms with van der Waals surface area (Å²) >= 11 is 0. The predicted molar refractivity (Wildman–Crippen MR) is 92.4 cm³/mol. The molecular weight excluding hydrogens is 304 g/mol. The Morgan fingerprint density at radius 1 is 0.958 bits per heavy atom. The molecule has 1 aliphatic heterocycles. The Labute approximate surface area is 140 Å². The van der Waals surface area contributed by atoms with Crippen molar-refractivity contribution < 1.29 is 14.3 Å². The maximum Gasteiger partial charge on any atom is 0.277 e. The van der Waals surface area contributed by atoms with Crippen LogP contribution in [-0.4, -0.2) is 30.4 Å². The molecular formula is C19H18N2O3. The molecule has 0 fully saturated rings. The zero-order chi connectivity index (χ0) is 17.1. The second-order valence-corrected chi connectivity index (χ2v) is 5.37. The summed E-state index contributed by atoms with van der Waals surface area (Å²) in [5.41, 5.74) is 2.11. The standard InChI is InChI=1S/C19H18N2O3/c1-3-24-15-11-9-14(10-12-15)20-17-16(13-7-5-4-6-8-13)18(22)21(2)19(17)23/h4-12,20H,3H2,1-2H3. The number of nitrogens with one attached hydrogen (secondary N) is 1. The van der Waals surface area contributed by atoms with E-state index in [1.165, 1.54) is 7.05 Å². The van der Waals surface area contributed by atoms with Crippen molar-refractivity contribution in [1.82, 2.24) is 4.90 Å². The molecule has 0 aromatic heterocycles. The lowest BCUT2D eigenvalue weighted by Crippen LogP contribution is -2.27. The smallest absolute Gasteiger partial charge is 0.277 e. The highest BCUT2D eigenvalue weighted by Gasteiger charge is 2.36. The first kappa shape index (κ1) is 15.8. The normalized spacial score (nSPS) is 14.3. The van der Waals surface area contributed by atoms with Gasteiger partial charge in [0.05, 0.1) is 12.2 Å². The summed E-state index contributed by atoms with van der Waals surface area (Å²) in [7, 11) is 1.49. The maximum atomic E-state index is 12.4. The van der Waals surface area contributed by atoms with Gasteiger partial charge in [-0.1, -0.05) is 30.3 Å². The fourth-order valence-electron chi connectivity index (χ4n) is 2.58. The molecule has 0 bridgehead atoms. The van der Waals surface area contributed by atoms with E-state index in [9.17, 15) is 9.59 Å². The van der Waals surface area contributed by atoms with Gasteiger partial charge in [-0.3, -0.25) is 14.5 Å². The molecule has 2 aromatic carbocycles. The number of carbonyl (C=O) groups excluding carboxylic acids is 2. The Kier molecular flexibility index (Phi) is 4.33. The van der Waals surface area contributed by atoms with Crippen LogP contribution in [0, 0.1) is 0 Å². The van der Waals surface area contributed by atoms with Crippen LogP contribution in [0.25, 0.3) is 5.57 Å². The summed E-state index contributed by atoms with van der Waals surface area (Å²) in [6.07, 6.45) is 0. The number of ether oxygens (including phenoxy) is 1. The van der Waals surface area contributed by atoms with Crippen molar-refractivity contribution in [3.05, 3.63) is 65.9 Å². The van der Waals surface area contributed by atoms with Gasteiger partial charge < -0.3 is 10.1 Å². The van der Waals surface area contributed by atoms with Crippen LogP contribution in [0.4, 0.5) is 5.69 Å². The van der Waals surface area contributed by atoms with E-state index in [4.69, 9.17) is 4.74 Å². The van der Waals surface area contributed by atoms with E-state index in [1.807, 2.05) is 61.5 Å². The number of hydrogen-bond donors (Lipinski definition) is 1. The van der Waals surface area contributed by atoms with E-state index in [1.54, 1.807) is 0 Å². The molecule has 2 amide bonds. The van der Waals surface area contributed by atoms with Crippen LogP contribution in [0.5, 0.6) is 5.75 Å². The van der Waals surface area contributed by atoms with Gasteiger partial charge in [-0.25, -0.2) is 0 Å². The van der Waals surface area contributed by atoms with Crippen molar-refractivity contribution in [3.63, 3.8) is 0 Å². The molecule has 1 heterocycles. The van der Waals surface area contributed by atoms with Crippen LogP contribution in [0.3, 0.4) is 0 Å². The fourth-order valence-corrected chi connectivity index (χ4v) is 2.58. The quantitative estimate of drug-likeness (QED) is 0.860. The second kappa shape index (κ2) is 6.58. The molecule has 2 aromatic rings. The van der Waals surface area contributed by atoms with Crippen molar-refractivity contribution >= 4 is 23.1 Å². The molecule has 5 heteroatoms. The first-order valence-corrected chi connectivity index (χ1v) is 7.73. The van der Waals surface area contributed by atoms with Crippen LogP contribution >= 0.6 is 0 Å². The Morgan fingerprint density at radius 2 is 1.62 bits per heavy atom. The lowest BCUT2D eigenvalue weighted by molar-refractivity contribution is -0.135. The van der Waals surface area contributed by atoms with Crippen LogP contribution in [-0.2, 0) is 9.59 Å². The third kappa shape index (κ3) is 2.88. The number of likely N-dealkylation sites (N-methyl/N-ethyl adjacent to an activating group) is 1. The molecule has 0 aliphatic carbocycles. The number of benzene rings is 2. The van der Waals surface area contributed by atoms with Crippen molar-refractivity contribution in [2.75, 3.05) is 19.0 Å². The summed E-state index contributed by atoms with van der Waals surface area (Å²) in [4.78, 5) is 26.0. The molecule has 0 unspecified atom stereocenters. The zero-order valence-corrected chi connectivity index (χ0v) is 13.6.